The normalized spacial score (nSPS) is 13.5. The topological polar surface area (TPSA) is 17.8 Å². The van der Waals surface area contributed by atoms with Crippen LogP contribution in [-0.2, 0) is 5.41 Å². The van der Waals surface area contributed by atoms with Gasteiger partial charge in [-0.1, -0.05) is 36.7 Å². The van der Waals surface area contributed by atoms with E-state index in [0.29, 0.717) is 0 Å². The average Bonchev–Trinajstić information content (AvgIpc) is 2.58. The van der Waals surface area contributed by atoms with Gasteiger partial charge in [0, 0.05) is 22.5 Å². The summed E-state index contributed by atoms with van der Waals surface area (Å²) in [5.41, 5.74) is 2.06. The lowest BCUT2D eigenvalue weighted by atomic mass is 9.87. The van der Waals surface area contributed by atoms with Crippen molar-refractivity contribution < 1.29 is 2.74 Å². The van der Waals surface area contributed by atoms with Crippen molar-refractivity contribution in [2.75, 3.05) is 0 Å². The molecule has 1 aromatic carbocycles. The smallest absolute Gasteiger partial charge is 0.0991 e. The number of rotatable bonds is 1. The maximum Gasteiger partial charge on any atom is 0.0991 e. The molecule has 0 atom stereocenters. The summed E-state index contributed by atoms with van der Waals surface area (Å²) in [7, 11) is 0. The van der Waals surface area contributed by atoms with Gasteiger partial charge >= 0.3 is 0 Å². The maximum atomic E-state index is 7.81. The highest BCUT2D eigenvalue weighted by Crippen LogP contribution is 2.28. The fraction of sp³-hybridized carbons (Fsp3) is 0.308. The van der Waals surface area contributed by atoms with Crippen LogP contribution in [0.4, 0.5) is 0 Å². The van der Waals surface area contributed by atoms with E-state index in [1.165, 1.54) is 11.9 Å². The Morgan fingerprint density at radius 3 is 2.62 bits per heavy atom. The van der Waals surface area contributed by atoms with E-state index in [9.17, 15) is 0 Å². The summed E-state index contributed by atoms with van der Waals surface area (Å²) in [6, 6.07) is 6.03. The first-order valence-corrected chi connectivity index (χ1v) is 5.90. The Morgan fingerprint density at radius 2 is 2.06 bits per heavy atom. The standard InChI is InChI=1S/C13H15BrN2/c1-13(2,3)10-6-11(14)8-12(7-10)16-5-4-15-9-16/h4-9H,1-3H3/i4D,5D. The molecule has 0 saturated carbocycles. The highest BCUT2D eigenvalue weighted by molar-refractivity contribution is 9.10. The SMILES string of the molecule is [2H]c1ncn(-c2cc(Br)cc(C(C)(C)C)c2)c1[2H]. The first-order chi connectivity index (χ1) is 8.29. The second-order valence-corrected chi connectivity index (χ2v) is 5.70. The molecule has 84 valence electrons. The van der Waals surface area contributed by atoms with Crippen molar-refractivity contribution in [3.63, 3.8) is 0 Å². The summed E-state index contributed by atoms with van der Waals surface area (Å²) in [6.45, 7) is 6.43. The molecule has 0 saturated heterocycles. The van der Waals surface area contributed by atoms with Crippen molar-refractivity contribution in [1.29, 1.82) is 0 Å². The van der Waals surface area contributed by atoms with E-state index in [1.807, 2.05) is 12.1 Å². The lowest BCUT2D eigenvalue weighted by Crippen LogP contribution is -2.11. The maximum absolute atomic E-state index is 7.81. The molecule has 1 heterocycles. The molecule has 16 heavy (non-hydrogen) atoms. The fourth-order valence-corrected chi connectivity index (χ4v) is 1.96. The molecule has 1 aromatic heterocycles. The Hall–Kier alpha value is -1.09. The predicted octanol–water partition coefficient (Wildman–Crippen LogP) is 3.93. The third-order valence-electron chi connectivity index (χ3n) is 2.43. The Morgan fingerprint density at radius 1 is 1.31 bits per heavy atom. The molecule has 0 unspecified atom stereocenters. The minimum absolute atomic E-state index is 0.00714. The van der Waals surface area contributed by atoms with Crippen LogP contribution in [0.2, 0.25) is 0 Å². The minimum Gasteiger partial charge on any atom is -0.306 e. The molecular formula is C13H15BrN2. The number of imidazole rings is 1. The monoisotopic (exact) mass is 280 g/mol. The van der Waals surface area contributed by atoms with Crippen molar-refractivity contribution in [1.82, 2.24) is 9.55 Å². The lowest BCUT2D eigenvalue weighted by Gasteiger charge is -2.20. The van der Waals surface area contributed by atoms with Crippen molar-refractivity contribution in [3.8, 4) is 5.69 Å². The van der Waals surface area contributed by atoms with Crippen LogP contribution < -0.4 is 0 Å². The number of hydrogen-bond acceptors (Lipinski definition) is 1. The van der Waals surface area contributed by atoms with E-state index in [2.05, 4.69) is 47.8 Å². The quantitative estimate of drug-likeness (QED) is 0.774. The zero-order chi connectivity index (χ0) is 13.5. The van der Waals surface area contributed by atoms with Crippen LogP contribution in [0.3, 0.4) is 0 Å². The van der Waals surface area contributed by atoms with Crippen molar-refractivity contribution in [2.45, 2.75) is 26.2 Å². The molecule has 0 radical (unpaired) electrons. The van der Waals surface area contributed by atoms with E-state index in [-0.39, 0.29) is 17.8 Å². The number of nitrogens with zero attached hydrogens (tertiary/aromatic N) is 2. The molecule has 0 fully saturated rings. The fourth-order valence-electron chi connectivity index (χ4n) is 1.48. The average molecular weight is 281 g/mol. The van der Waals surface area contributed by atoms with Crippen LogP contribution in [0.15, 0.2) is 41.3 Å². The van der Waals surface area contributed by atoms with E-state index in [0.717, 1.165) is 10.2 Å². The van der Waals surface area contributed by atoms with Gasteiger partial charge in [-0.2, -0.15) is 0 Å². The van der Waals surface area contributed by atoms with Gasteiger partial charge in [-0.05, 0) is 29.2 Å². The number of halogens is 1. The van der Waals surface area contributed by atoms with Crippen LogP contribution in [0, 0.1) is 0 Å². The van der Waals surface area contributed by atoms with Crippen LogP contribution in [0.5, 0.6) is 0 Å². The molecule has 0 aliphatic carbocycles. The number of benzene rings is 1. The van der Waals surface area contributed by atoms with Crippen molar-refractivity contribution in [2.24, 2.45) is 0 Å². The van der Waals surface area contributed by atoms with Crippen LogP contribution in [-0.4, -0.2) is 9.55 Å². The van der Waals surface area contributed by atoms with Gasteiger partial charge in [0.15, 0.2) is 0 Å². The van der Waals surface area contributed by atoms with E-state index in [1.54, 1.807) is 4.57 Å². The van der Waals surface area contributed by atoms with E-state index < -0.39 is 0 Å². The van der Waals surface area contributed by atoms with Crippen LogP contribution >= 0.6 is 15.9 Å². The molecule has 0 spiro atoms. The number of hydrogen-bond donors (Lipinski definition) is 0. The lowest BCUT2D eigenvalue weighted by molar-refractivity contribution is 0.589. The van der Waals surface area contributed by atoms with Gasteiger partial charge in [-0.25, -0.2) is 4.98 Å². The van der Waals surface area contributed by atoms with Gasteiger partial charge in [0.1, 0.15) is 0 Å². The minimum atomic E-state index is -0.00714. The van der Waals surface area contributed by atoms with Gasteiger partial charge in [0.25, 0.3) is 0 Å². The predicted molar refractivity (Wildman–Crippen MR) is 70.0 cm³/mol. The Kier molecular flexibility index (Phi) is 2.28. The summed E-state index contributed by atoms with van der Waals surface area (Å²) >= 11 is 3.49. The Labute approximate surface area is 107 Å². The van der Waals surface area contributed by atoms with Gasteiger partial charge in [0.2, 0.25) is 0 Å². The van der Waals surface area contributed by atoms with Gasteiger partial charge in [-0.15, -0.1) is 0 Å². The van der Waals surface area contributed by atoms with Crippen LogP contribution in [0.25, 0.3) is 5.69 Å². The highest BCUT2D eigenvalue weighted by Gasteiger charge is 2.15. The Bertz CT molecular complexity index is 585. The first-order valence-electron chi connectivity index (χ1n) is 6.11. The third-order valence-corrected chi connectivity index (χ3v) is 2.89. The molecule has 0 aliphatic heterocycles. The molecule has 2 nitrogen and oxygen atoms in total. The van der Waals surface area contributed by atoms with Crippen molar-refractivity contribution in [3.05, 3.63) is 46.9 Å². The van der Waals surface area contributed by atoms with E-state index >= 15 is 0 Å². The molecule has 3 heteroatoms. The molecule has 2 aromatic rings. The molecular weight excluding hydrogens is 264 g/mol. The second-order valence-electron chi connectivity index (χ2n) is 4.79. The van der Waals surface area contributed by atoms with Gasteiger partial charge < -0.3 is 4.57 Å². The molecule has 0 bridgehead atoms. The Balaban J connectivity index is 2.59. The zero-order valence-corrected chi connectivity index (χ0v) is 11.2. The first kappa shape index (κ1) is 8.99. The zero-order valence-electron chi connectivity index (χ0n) is 11.6. The molecule has 0 aliphatic rings. The molecule has 0 N–H and O–H groups in total. The van der Waals surface area contributed by atoms with Crippen LogP contribution in [0.1, 0.15) is 29.1 Å². The van der Waals surface area contributed by atoms with Gasteiger partial charge in [-0.3, -0.25) is 0 Å². The molecule has 2 rings (SSSR count). The molecule has 0 amide bonds. The van der Waals surface area contributed by atoms with Gasteiger partial charge in [0.05, 0.1) is 9.07 Å². The summed E-state index contributed by atoms with van der Waals surface area (Å²) in [4.78, 5) is 3.84. The summed E-state index contributed by atoms with van der Waals surface area (Å²) in [6.07, 6.45) is 1.61. The highest BCUT2D eigenvalue weighted by atomic mass is 79.9. The van der Waals surface area contributed by atoms with E-state index in [4.69, 9.17) is 2.74 Å². The largest absolute Gasteiger partial charge is 0.306 e. The summed E-state index contributed by atoms with van der Waals surface area (Å²) in [5, 5.41) is 0. The van der Waals surface area contributed by atoms with Crippen molar-refractivity contribution >= 4 is 15.9 Å². The third kappa shape index (κ3) is 2.35. The summed E-state index contributed by atoms with van der Waals surface area (Å²) < 4.78 is 17.9. The summed E-state index contributed by atoms with van der Waals surface area (Å²) in [5.74, 6) is 0. The second kappa shape index (κ2) is 4.06. The number of aromatic nitrogens is 2.